The van der Waals surface area contributed by atoms with Gasteiger partial charge in [0.25, 0.3) is 17.7 Å². The normalized spacial score (nSPS) is 17.9. The number of fused-ring (bicyclic) bond motifs is 2. The number of carbonyl (C=O) groups is 4. The molecule has 1 unspecified atom stereocenters. The number of nitrogens with zero attached hydrogens (tertiary/aromatic N) is 2. The Balaban J connectivity index is 1.44. The molecular weight excluding hydrogens is 364 g/mol. The van der Waals surface area contributed by atoms with Crippen molar-refractivity contribution in [3.63, 3.8) is 0 Å². The largest absolute Gasteiger partial charge is 0.479 e. The number of hydrogen-bond donors (Lipinski definition) is 0. The lowest BCUT2D eigenvalue weighted by atomic mass is 10.1. The average Bonchev–Trinajstić information content (AvgIpc) is 2.93. The zero-order valence-corrected chi connectivity index (χ0v) is 15.0. The highest BCUT2D eigenvalue weighted by Crippen LogP contribution is 2.33. The van der Waals surface area contributed by atoms with Gasteiger partial charge in [0.15, 0.2) is 6.10 Å². The molecule has 0 fully saturated rings. The van der Waals surface area contributed by atoms with Crippen molar-refractivity contribution < 1.29 is 28.8 Å². The molecule has 2 aromatic rings. The zero-order chi connectivity index (χ0) is 19.8. The Morgan fingerprint density at radius 3 is 2.29 bits per heavy atom. The van der Waals surface area contributed by atoms with Crippen LogP contribution in [0.15, 0.2) is 48.5 Å². The summed E-state index contributed by atoms with van der Waals surface area (Å²) in [5.41, 5.74) is 0.928. The quantitative estimate of drug-likeness (QED) is 0.753. The first kappa shape index (κ1) is 17.7. The third kappa shape index (κ3) is 2.88. The van der Waals surface area contributed by atoms with Crippen LogP contribution in [0, 0.1) is 0 Å². The Morgan fingerprint density at radius 1 is 1.00 bits per heavy atom. The maximum absolute atomic E-state index is 12.4. The topological polar surface area (TPSA) is 93.2 Å². The second-order valence-electron chi connectivity index (χ2n) is 6.38. The molecule has 2 aromatic carbocycles. The second-order valence-corrected chi connectivity index (χ2v) is 6.38. The van der Waals surface area contributed by atoms with Crippen LogP contribution in [0.1, 0.15) is 34.1 Å². The van der Waals surface area contributed by atoms with Crippen LogP contribution < -0.4 is 9.64 Å². The molecule has 0 bridgehead atoms. The van der Waals surface area contributed by atoms with Crippen molar-refractivity contribution in [3.05, 3.63) is 59.7 Å². The van der Waals surface area contributed by atoms with E-state index in [9.17, 15) is 19.2 Å². The van der Waals surface area contributed by atoms with Crippen molar-refractivity contribution in [1.29, 1.82) is 0 Å². The van der Waals surface area contributed by atoms with Gasteiger partial charge in [-0.25, -0.2) is 4.79 Å². The zero-order valence-electron chi connectivity index (χ0n) is 15.0. The fourth-order valence-electron chi connectivity index (χ4n) is 3.19. The van der Waals surface area contributed by atoms with Crippen molar-refractivity contribution in [1.82, 2.24) is 5.06 Å². The summed E-state index contributed by atoms with van der Waals surface area (Å²) in [6.07, 6.45) is -0.873. The maximum Gasteiger partial charge on any atom is 0.335 e. The van der Waals surface area contributed by atoms with E-state index < -0.39 is 23.9 Å². The number of hydroxylamine groups is 2. The Hall–Kier alpha value is -3.68. The van der Waals surface area contributed by atoms with Gasteiger partial charge in [-0.2, -0.15) is 0 Å². The number of imide groups is 1. The smallest absolute Gasteiger partial charge is 0.335 e. The van der Waals surface area contributed by atoms with Crippen molar-refractivity contribution in [2.75, 3.05) is 11.4 Å². The van der Waals surface area contributed by atoms with E-state index in [1.54, 1.807) is 43.3 Å². The van der Waals surface area contributed by atoms with Crippen molar-refractivity contribution >= 4 is 29.4 Å². The van der Waals surface area contributed by atoms with E-state index in [1.165, 1.54) is 17.0 Å². The molecule has 2 aliphatic heterocycles. The molecule has 2 heterocycles. The number of anilines is 1. The van der Waals surface area contributed by atoms with Crippen LogP contribution in [0.25, 0.3) is 0 Å². The highest BCUT2D eigenvalue weighted by Gasteiger charge is 2.39. The summed E-state index contributed by atoms with van der Waals surface area (Å²) >= 11 is 0. The number of ether oxygens (including phenoxy) is 1. The van der Waals surface area contributed by atoms with Crippen LogP contribution in [0.3, 0.4) is 0 Å². The van der Waals surface area contributed by atoms with Gasteiger partial charge < -0.3 is 14.5 Å². The molecule has 0 saturated carbocycles. The van der Waals surface area contributed by atoms with Crippen LogP contribution >= 0.6 is 0 Å². The van der Waals surface area contributed by atoms with Gasteiger partial charge in [0.05, 0.1) is 23.2 Å². The third-order valence-electron chi connectivity index (χ3n) is 4.56. The molecule has 28 heavy (non-hydrogen) atoms. The lowest BCUT2D eigenvalue weighted by Gasteiger charge is -2.32. The summed E-state index contributed by atoms with van der Waals surface area (Å²) in [4.78, 5) is 55.6. The predicted octanol–water partition coefficient (Wildman–Crippen LogP) is 1.95. The third-order valence-corrected chi connectivity index (χ3v) is 4.56. The van der Waals surface area contributed by atoms with Crippen LogP contribution in [-0.4, -0.2) is 41.4 Å². The fourth-order valence-corrected chi connectivity index (χ4v) is 3.19. The molecule has 0 saturated heterocycles. The molecule has 8 heteroatoms. The van der Waals surface area contributed by atoms with Gasteiger partial charge in [0.2, 0.25) is 0 Å². The lowest BCUT2D eigenvalue weighted by molar-refractivity contribution is -0.168. The lowest BCUT2D eigenvalue weighted by Crippen LogP contribution is -2.45. The predicted molar refractivity (Wildman–Crippen MR) is 96.5 cm³/mol. The minimum Gasteiger partial charge on any atom is -0.479 e. The standard InChI is InChI=1S/C20H16N2O6/c1-12-18(24)21(15-8-4-5-9-16(15)27-12)11-10-17(23)28-22-19(25)13-6-2-3-7-14(13)20(22)26/h2-9,12H,10-11H2,1H3. The first-order valence-electron chi connectivity index (χ1n) is 8.73. The molecule has 3 amide bonds. The minimum absolute atomic E-state index is 0.0333. The van der Waals surface area contributed by atoms with E-state index in [4.69, 9.17) is 9.57 Å². The van der Waals surface area contributed by atoms with E-state index >= 15 is 0 Å². The number of benzene rings is 2. The fraction of sp³-hybridized carbons (Fsp3) is 0.200. The number of amides is 3. The molecule has 1 atom stereocenters. The molecule has 2 aliphatic rings. The molecule has 8 nitrogen and oxygen atoms in total. The number of carbonyl (C=O) groups excluding carboxylic acids is 4. The van der Waals surface area contributed by atoms with Gasteiger partial charge in [0.1, 0.15) is 5.75 Å². The minimum atomic E-state index is -0.793. The van der Waals surface area contributed by atoms with Gasteiger partial charge in [0, 0.05) is 6.54 Å². The summed E-state index contributed by atoms with van der Waals surface area (Å²) < 4.78 is 5.55. The molecule has 0 N–H and O–H groups in total. The number of rotatable bonds is 4. The summed E-state index contributed by atoms with van der Waals surface area (Å²) in [6, 6.07) is 13.2. The van der Waals surface area contributed by atoms with Crippen LogP contribution in [0.2, 0.25) is 0 Å². The van der Waals surface area contributed by atoms with Gasteiger partial charge in [-0.3, -0.25) is 14.4 Å². The van der Waals surface area contributed by atoms with Crippen LogP contribution in [0.4, 0.5) is 5.69 Å². The van der Waals surface area contributed by atoms with Crippen molar-refractivity contribution in [2.24, 2.45) is 0 Å². The second kappa shape index (κ2) is 6.80. The first-order chi connectivity index (χ1) is 13.5. The molecule has 0 aromatic heterocycles. The van der Waals surface area contributed by atoms with Crippen molar-refractivity contribution in [3.8, 4) is 5.75 Å². The van der Waals surface area contributed by atoms with Gasteiger partial charge in [-0.15, -0.1) is 0 Å². The Morgan fingerprint density at radius 2 is 1.61 bits per heavy atom. The molecule has 4 rings (SSSR count). The van der Waals surface area contributed by atoms with Gasteiger partial charge in [-0.05, 0) is 31.2 Å². The summed E-state index contributed by atoms with van der Waals surface area (Å²) in [5.74, 6) is -1.90. The molecule has 142 valence electrons. The Kier molecular flexibility index (Phi) is 4.31. The SMILES string of the molecule is CC1Oc2ccccc2N(CCC(=O)ON2C(=O)c3ccccc3C2=O)C1=O. The van der Waals surface area contributed by atoms with Crippen LogP contribution in [-0.2, 0) is 14.4 Å². The first-order valence-corrected chi connectivity index (χ1v) is 8.73. The van der Waals surface area contributed by atoms with E-state index in [0.717, 1.165) is 0 Å². The molecule has 0 aliphatic carbocycles. The summed E-state index contributed by atoms with van der Waals surface area (Å²) in [6.45, 7) is 1.66. The highest BCUT2D eigenvalue weighted by atomic mass is 16.7. The van der Waals surface area contributed by atoms with Gasteiger partial charge >= 0.3 is 5.97 Å². The Labute approximate surface area is 160 Å². The summed E-state index contributed by atoms with van der Waals surface area (Å²) in [7, 11) is 0. The maximum atomic E-state index is 12.4. The highest BCUT2D eigenvalue weighted by molar-refractivity contribution is 6.20. The monoisotopic (exact) mass is 380 g/mol. The van der Waals surface area contributed by atoms with Gasteiger partial charge in [-0.1, -0.05) is 29.3 Å². The molecule has 0 radical (unpaired) electrons. The summed E-state index contributed by atoms with van der Waals surface area (Å²) in [5, 5.41) is 0.463. The van der Waals surface area contributed by atoms with E-state index in [0.29, 0.717) is 16.5 Å². The molecular formula is C20H16N2O6. The Bertz CT molecular complexity index is 967. The van der Waals surface area contributed by atoms with Crippen molar-refractivity contribution in [2.45, 2.75) is 19.4 Å². The van der Waals surface area contributed by atoms with E-state index in [-0.39, 0.29) is 30.0 Å². The number of para-hydroxylation sites is 2. The number of hydrogen-bond acceptors (Lipinski definition) is 6. The molecule has 0 spiro atoms. The van der Waals surface area contributed by atoms with E-state index in [2.05, 4.69) is 0 Å². The van der Waals surface area contributed by atoms with E-state index in [1.807, 2.05) is 0 Å². The van der Waals surface area contributed by atoms with Crippen LogP contribution in [0.5, 0.6) is 5.75 Å². The average molecular weight is 380 g/mol.